The number of aromatic nitrogens is 2. The molecule has 5 rings (SSSR count). The molecule has 3 heterocycles. The van der Waals surface area contributed by atoms with Crippen LogP contribution in [0.5, 0.6) is 0 Å². The fourth-order valence-corrected chi connectivity index (χ4v) is 6.31. The Balaban J connectivity index is 1.21. The van der Waals surface area contributed by atoms with E-state index < -0.39 is 5.60 Å². The van der Waals surface area contributed by atoms with Crippen LogP contribution in [0.3, 0.4) is 0 Å². The number of carbonyl (C=O) groups is 2. The van der Waals surface area contributed by atoms with Gasteiger partial charge in [0.1, 0.15) is 16.9 Å². The molecule has 0 spiro atoms. The Morgan fingerprint density at radius 1 is 1.02 bits per heavy atom. The summed E-state index contributed by atoms with van der Waals surface area (Å²) in [5, 5.41) is 6.23. The largest absolute Gasteiger partial charge is 0.444 e. The molecule has 8 heteroatoms. The van der Waals surface area contributed by atoms with Crippen molar-refractivity contribution in [1.82, 2.24) is 24.9 Å². The van der Waals surface area contributed by atoms with Crippen molar-refractivity contribution in [3.05, 3.63) is 71.7 Å². The van der Waals surface area contributed by atoms with Crippen molar-refractivity contribution in [2.24, 2.45) is 5.92 Å². The average molecular weight is 560 g/mol. The number of ether oxygens (including phenoxy) is 1. The first-order chi connectivity index (χ1) is 19.7. The summed E-state index contributed by atoms with van der Waals surface area (Å²) < 4.78 is 7.30. The molecule has 1 aliphatic heterocycles. The predicted molar refractivity (Wildman–Crippen MR) is 161 cm³/mol. The molecule has 2 atom stereocenters. The molecule has 1 aliphatic carbocycles. The minimum atomic E-state index is -0.513. The van der Waals surface area contributed by atoms with Crippen LogP contribution in [0.1, 0.15) is 93.4 Å². The highest BCUT2D eigenvalue weighted by Gasteiger charge is 2.27. The van der Waals surface area contributed by atoms with E-state index >= 15 is 0 Å². The second-order valence-electron chi connectivity index (χ2n) is 12.8. The number of pyridine rings is 1. The molecule has 1 saturated heterocycles. The Morgan fingerprint density at radius 2 is 1.80 bits per heavy atom. The van der Waals surface area contributed by atoms with Crippen LogP contribution < -0.4 is 10.6 Å². The van der Waals surface area contributed by atoms with E-state index in [1.807, 2.05) is 49.6 Å². The zero-order chi connectivity index (χ0) is 28.8. The van der Waals surface area contributed by atoms with Crippen molar-refractivity contribution >= 4 is 17.6 Å². The molecule has 2 amide bonds. The lowest BCUT2D eigenvalue weighted by Gasteiger charge is -2.27. The van der Waals surface area contributed by atoms with Crippen molar-refractivity contribution in [2.75, 3.05) is 19.6 Å². The van der Waals surface area contributed by atoms with Gasteiger partial charge in [-0.25, -0.2) is 9.78 Å². The van der Waals surface area contributed by atoms with Crippen molar-refractivity contribution in [3.63, 3.8) is 0 Å². The summed E-state index contributed by atoms with van der Waals surface area (Å²) in [6, 6.07) is 16.4. The Bertz CT molecular complexity index is 1310. The van der Waals surface area contributed by atoms with Crippen molar-refractivity contribution < 1.29 is 14.3 Å². The maximum atomic E-state index is 13.5. The number of benzene rings is 1. The summed E-state index contributed by atoms with van der Waals surface area (Å²) in [5.74, 6) is 0.958. The van der Waals surface area contributed by atoms with Gasteiger partial charge in [0, 0.05) is 44.3 Å². The molecule has 8 nitrogen and oxygen atoms in total. The van der Waals surface area contributed by atoms with Gasteiger partial charge in [-0.15, -0.1) is 0 Å². The summed E-state index contributed by atoms with van der Waals surface area (Å²) in [7, 11) is 0. The van der Waals surface area contributed by atoms with E-state index in [0.717, 1.165) is 43.2 Å². The maximum Gasteiger partial charge on any atom is 0.407 e. The molecule has 0 bridgehead atoms. The minimum Gasteiger partial charge on any atom is -0.444 e. The topological polar surface area (TPSA) is 88.0 Å². The lowest BCUT2D eigenvalue weighted by Crippen LogP contribution is -2.40. The van der Waals surface area contributed by atoms with E-state index in [4.69, 9.17) is 9.72 Å². The van der Waals surface area contributed by atoms with Crippen molar-refractivity contribution in [3.8, 4) is 0 Å². The van der Waals surface area contributed by atoms with E-state index in [2.05, 4.69) is 45.9 Å². The molecule has 41 heavy (non-hydrogen) atoms. The fourth-order valence-electron chi connectivity index (χ4n) is 6.31. The van der Waals surface area contributed by atoms with Gasteiger partial charge >= 0.3 is 6.09 Å². The third-order valence-corrected chi connectivity index (χ3v) is 8.28. The fraction of sp³-hybridized carbons (Fsp3) is 0.545. The summed E-state index contributed by atoms with van der Waals surface area (Å²) in [5.41, 5.74) is 3.05. The molecule has 2 N–H and O–H groups in total. The van der Waals surface area contributed by atoms with Gasteiger partial charge in [0.2, 0.25) is 0 Å². The Kier molecular flexibility index (Phi) is 9.28. The first kappa shape index (κ1) is 29.1. The number of hydrogen-bond acceptors (Lipinski definition) is 5. The molecule has 2 aromatic heterocycles. The zero-order valence-electron chi connectivity index (χ0n) is 24.8. The number of amides is 2. The molecule has 2 fully saturated rings. The Morgan fingerprint density at radius 3 is 2.56 bits per heavy atom. The van der Waals surface area contributed by atoms with Crippen LogP contribution in [-0.4, -0.2) is 57.6 Å². The first-order valence-corrected chi connectivity index (χ1v) is 15.3. The SMILES string of the molecule is CC(C)(C)OC(=O)NC1CCN(Cc2cn3c(C(=O)NCC(CC4CCCCC4)c4ccccc4)cccc3n2)C1. The van der Waals surface area contributed by atoms with Gasteiger partial charge in [-0.2, -0.15) is 0 Å². The molecule has 1 saturated carbocycles. The van der Waals surface area contributed by atoms with E-state index in [-0.39, 0.29) is 18.0 Å². The van der Waals surface area contributed by atoms with Crippen molar-refractivity contribution in [2.45, 2.75) is 89.8 Å². The number of imidazole rings is 1. The van der Waals surface area contributed by atoms with E-state index in [0.29, 0.717) is 24.7 Å². The number of hydrogen-bond donors (Lipinski definition) is 2. The lowest BCUT2D eigenvalue weighted by atomic mass is 9.80. The number of fused-ring (bicyclic) bond motifs is 1. The van der Waals surface area contributed by atoms with Crippen molar-refractivity contribution in [1.29, 1.82) is 0 Å². The van der Waals surface area contributed by atoms with Gasteiger partial charge in [-0.1, -0.05) is 68.5 Å². The quantitative estimate of drug-likeness (QED) is 0.340. The Labute approximate surface area is 243 Å². The second kappa shape index (κ2) is 13.1. The third kappa shape index (κ3) is 8.09. The highest BCUT2D eigenvalue weighted by Crippen LogP contribution is 2.33. The Hall–Kier alpha value is -3.39. The van der Waals surface area contributed by atoms with Crippen LogP contribution in [0.2, 0.25) is 0 Å². The van der Waals surface area contributed by atoms with E-state index in [1.54, 1.807) is 0 Å². The number of nitrogens with zero attached hydrogens (tertiary/aromatic N) is 3. The number of nitrogens with one attached hydrogen (secondary N) is 2. The number of rotatable bonds is 9. The molecule has 1 aromatic carbocycles. The van der Waals surface area contributed by atoms with Gasteiger partial charge in [-0.05, 0) is 57.2 Å². The highest BCUT2D eigenvalue weighted by molar-refractivity contribution is 5.93. The summed E-state index contributed by atoms with van der Waals surface area (Å²) in [6.45, 7) is 8.48. The predicted octanol–water partition coefficient (Wildman–Crippen LogP) is 5.92. The molecule has 0 radical (unpaired) electrons. The summed E-state index contributed by atoms with van der Waals surface area (Å²) in [6.07, 6.45) is 10.2. The smallest absolute Gasteiger partial charge is 0.407 e. The standard InChI is InChI=1S/C33H45N5O3/c1-33(2,3)41-32(40)36-27-17-18-37(21-27)22-28-23-38-29(15-10-16-30(38)35-28)31(39)34-20-26(25-13-8-5-9-14-25)19-24-11-6-4-7-12-24/h5,8-10,13-16,23-24,26-27H,4,6-7,11-12,17-22H2,1-3H3,(H,34,39)(H,36,40). The van der Waals surface area contributed by atoms with Crippen LogP contribution >= 0.6 is 0 Å². The number of carbonyl (C=O) groups excluding carboxylic acids is 2. The second-order valence-corrected chi connectivity index (χ2v) is 12.8. The van der Waals surface area contributed by atoms with Crippen LogP contribution in [0.4, 0.5) is 4.79 Å². The van der Waals surface area contributed by atoms with Crippen LogP contribution in [0.15, 0.2) is 54.7 Å². The number of alkyl carbamates (subject to hydrolysis) is 1. The molecule has 2 aliphatic rings. The maximum absolute atomic E-state index is 13.5. The van der Waals surface area contributed by atoms with Gasteiger partial charge in [0.15, 0.2) is 0 Å². The van der Waals surface area contributed by atoms with Gasteiger partial charge < -0.3 is 15.4 Å². The molecule has 220 valence electrons. The number of likely N-dealkylation sites (tertiary alicyclic amines) is 1. The highest BCUT2D eigenvalue weighted by atomic mass is 16.6. The van der Waals surface area contributed by atoms with Crippen LogP contribution in [0.25, 0.3) is 5.65 Å². The van der Waals surface area contributed by atoms with Gasteiger partial charge in [0.05, 0.1) is 5.69 Å². The van der Waals surface area contributed by atoms with Gasteiger partial charge in [-0.3, -0.25) is 14.1 Å². The molecular formula is C33H45N5O3. The molecule has 3 aromatic rings. The molecule has 2 unspecified atom stereocenters. The van der Waals surface area contributed by atoms with E-state index in [1.165, 1.54) is 37.7 Å². The zero-order valence-corrected chi connectivity index (χ0v) is 24.8. The third-order valence-electron chi connectivity index (χ3n) is 8.28. The van der Waals surface area contributed by atoms with Gasteiger partial charge in [0.25, 0.3) is 5.91 Å². The summed E-state index contributed by atoms with van der Waals surface area (Å²) >= 11 is 0. The normalized spacial score (nSPS) is 19.2. The average Bonchev–Trinajstić information content (AvgIpc) is 3.56. The minimum absolute atomic E-state index is 0.0504. The van der Waals surface area contributed by atoms with Crippen LogP contribution in [0, 0.1) is 5.92 Å². The lowest BCUT2D eigenvalue weighted by molar-refractivity contribution is 0.0505. The van der Waals surface area contributed by atoms with E-state index in [9.17, 15) is 9.59 Å². The monoisotopic (exact) mass is 559 g/mol. The van der Waals surface area contributed by atoms with Crippen LogP contribution in [-0.2, 0) is 11.3 Å². The first-order valence-electron chi connectivity index (χ1n) is 15.3. The molecular weight excluding hydrogens is 514 g/mol. The summed E-state index contributed by atoms with van der Waals surface area (Å²) in [4.78, 5) is 32.7.